The van der Waals surface area contributed by atoms with Gasteiger partial charge in [0.1, 0.15) is 0 Å². The van der Waals surface area contributed by atoms with E-state index in [4.69, 9.17) is 11.6 Å². The van der Waals surface area contributed by atoms with Crippen LogP contribution in [0, 0.1) is 0 Å². The average Bonchev–Trinajstić information content (AvgIpc) is 2.30. The highest BCUT2D eigenvalue weighted by Gasteiger charge is 2.30. The van der Waals surface area contributed by atoms with Crippen molar-refractivity contribution in [3.8, 4) is 0 Å². The van der Waals surface area contributed by atoms with E-state index in [1.54, 1.807) is 18.2 Å². The molecule has 0 amide bonds. The molecule has 0 aromatic heterocycles. The van der Waals surface area contributed by atoms with E-state index in [1.807, 2.05) is 0 Å². The lowest BCUT2D eigenvalue weighted by Gasteiger charge is -2.17. The van der Waals surface area contributed by atoms with E-state index in [9.17, 15) is 8.78 Å². The average molecular weight is 248 g/mol. The molecule has 16 heavy (non-hydrogen) atoms. The third-order valence-corrected chi connectivity index (χ3v) is 2.55. The smallest absolute Gasteiger partial charge is 0.285 e. The van der Waals surface area contributed by atoms with Gasteiger partial charge >= 0.3 is 0 Å². The lowest BCUT2D eigenvalue weighted by atomic mass is 10.1. The van der Waals surface area contributed by atoms with Crippen LogP contribution in [0.25, 0.3) is 0 Å². The molecule has 0 unspecified atom stereocenters. The highest BCUT2D eigenvalue weighted by atomic mass is 35.5. The number of unbranched alkanes of at least 4 members (excludes halogenated alkanes) is 1. The van der Waals surface area contributed by atoms with Crippen LogP contribution < -0.4 is 5.32 Å². The summed E-state index contributed by atoms with van der Waals surface area (Å²) in [6.45, 7) is 0.258. The van der Waals surface area contributed by atoms with E-state index in [0.717, 1.165) is 12.8 Å². The fourth-order valence-electron chi connectivity index (χ4n) is 1.37. The number of rotatable bonds is 7. The summed E-state index contributed by atoms with van der Waals surface area (Å²) in [7, 11) is 0. The van der Waals surface area contributed by atoms with Crippen LogP contribution in [0.5, 0.6) is 0 Å². The minimum Gasteiger partial charge on any atom is -0.311 e. The minimum absolute atomic E-state index is 0.0554. The van der Waals surface area contributed by atoms with Crippen LogP contribution in [-0.2, 0) is 5.92 Å². The van der Waals surface area contributed by atoms with Crippen molar-refractivity contribution in [3.05, 3.63) is 35.9 Å². The van der Waals surface area contributed by atoms with Gasteiger partial charge in [0.05, 0.1) is 6.54 Å². The second kappa shape index (κ2) is 6.81. The molecule has 0 spiro atoms. The monoisotopic (exact) mass is 247 g/mol. The standard InChI is InChI=1S/C12H16ClF2N/c13-8-4-5-9-16-10-12(14,15)11-6-2-1-3-7-11/h1-3,6-7,16H,4-5,8-10H2. The predicted molar refractivity (Wildman–Crippen MR) is 63.2 cm³/mol. The van der Waals surface area contributed by atoms with Crippen LogP contribution >= 0.6 is 11.6 Å². The Bertz CT molecular complexity index is 290. The number of halogens is 3. The first-order valence-corrected chi connectivity index (χ1v) is 5.90. The molecular formula is C12H16ClF2N. The summed E-state index contributed by atoms with van der Waals surface area (Å²) in [4.78, 5) is 0. The van der Waals surface area contributed by atoms with Gasteiger partial charge in [-0.05, 0) is 19.4 Å². The SMILES string of the molecule is FC(F)(CNCCCCCl)c1ccccc1. The topological polar surface area (TPSA) is 12.0 Å². The van der Waals surface area contributed by atoms with Gasteiger partial charge in [0.15, 0.2) is 0 Å². The second-order valence-electron chi connectivity index (χ2n) is 3.64. The Labute approximate surface area is 99.8 Å². The van der Waals surface area contributed by atoms with E-state index in [-0.39, 0.29) is 12.1 Å². The van der Waals surface area contributed by atoms with Crippen molar-refractivity contribution in [1.82, 2.24) is 5.32 Å². The van der Waals surface area contributed by atoms with E-state index in [2.05, 4.69) is 5.32 Å². The summed E-state index contributed by atoms with van der Waals surface area (Å²) in [6.07, 6.45) is 1.68. The van der Waals surface area contributed by atoms with Gasteiger partial charge in [0.2, 0.25) is 0 Å². The van der Waals surface area contributed by atoms with Crippen molar-refractivity contribution >= 4 is 11.6 Å². The molecule has 1 N–H and O–H groups in total. The maximum absolute atomic E-state index is 13.6. The summed E-state index contributed by atoms with van der Waals surface area (Å²) < 4.78 is 27.2. The van der Waals surface area contributed by atoms with E-state index < -0.39 is 5.92 Å². The molecule has 0 bridgehead atoms. The molecule has 0 aliphatic carbocycles. The van der Waals surface area contributed by atoms with Gasteiger partial charge in [-0.25, -0.2) is 0 Å². The van der Waals surface area contributed by atoms with Crippen LogP contribution in [0.3, 0.4) is 0 Å². The van der Waals surface area contributed by atoms with E-state index in [1.165, 1.54) is 12.1 Å². The fourth-order valence-corrected chi connectivity index (χ4v) is 1.56. The molecular weight excluding hydrogens is 232 g/mol. The van der Waals surface area contributed by atoms with Crippen LogP contribution in [0.2, 0.25) is 0 Å². The molecule has 1 rings (SSSR count). The lowest BCUT2D eigenvalue weighted by molar-refractivity contribution is -0.00298. The number of nitrogens with one attached hydrogen (secondary N) is 1. The van der Waals surface area contributed by atoms with Crippen LogP contribution in [0.15, 0.2) is 30.3 Å². The predicted octanol–water partition coefficient (Wildman–Crippen LogP) is 3.39. The highest BCUT2D eigenvalue weighted by molar-refractivity contribution is 6.17. The fraction of sp³-hybridized carbons (Fsp3) is 0.500. The molecule has 1 nitrogen and oxygen atoms in total. The summed E-state index contributed by atoms with van der Waals surface area (Å²) in [6, 6.07) is 7.86. The molecule has 0 aliphatic heterocycles. The summed E-state index contributed by atoms with van der Waals surface area (Å²) in [5.41, 5.74) is 0.0554. The lowest BCUT2D eigenvalue weighted by Crippen LogP contribution is -2.31. The second-order valence-corrected chi connectivity index (χ2v) is 4.02. The number of hydrogen-bond acceptors (Lipinski definition) is 1. The van der Waals surface area contributed by atoms with Gasteiger partial charge in [0.25, 0.3) is 5.92 Å². The zero-order chi connectivity index (χ0) is 11.9. The largest absolute Gasteiger partial charge is 0.311 e. The van der Waals surface area contributed by atoms with Crippen molar-refractivity contribution in [2.24, 2.45) is 0 Å². The zero-order valence-corrected chi connectivity index (χ0v) is 9.81. The van der Waals surface area contributed by atoms with Crippen molar-refractivity contribution in [1.29, 1.82) is 0 Å². The van der Waals surface area contributed by atoms with Gasteiger partial charge in [-0.1, -0.05) is 30.3 Å². The first kappa shape index (κ1) is 13.4. The van der Waals surface area contributed by atoms with Crippen LogP contribution in [-0.4, -0.2) is 19.0 Å². The first-order chi connectivity index (χ1) is 7.67. The molecule has 0 radical (unpaired) electrons. The Morgan fingerprint density at radius 3 is 2.44 bits per heavy atom. The molecule has 0 fully saturated rings. The maximum Gasteiger partial charge on any atom is 0.285 e. The highest BCUT2D eigenvalue weighted by Crippen LogP contribution is 2.26. The molecule has 0 saturated carbocycles. The van der Waals surface area contributed by atoms with E-state index >= 15 is 0 Å². The Morgan fingerprint density at radius 1 is 1.12 bits per heavy atom. The van der Waals surface area contributed by atoms with Gasteiger partial charge in [-0.3, -0.25) is 0 Å². The third-order valence-electron chi connectivity index (χ3n) is 2.28. The Balaban J connectivity index is 2.35. The summed E-state index contributed by atoms with van der Waals surface area (Å²) >= 11 is 5.49. The molecule has 90 valence electrons. The van der Waals surface area contributed by atoms with Gasteiger partial charge in [0, 0.05) is 11.4 Å². The normalized spacial score (nSPS) is 11.7. The summed E-state index contributed by atoms with van der Waals surface area (Å²) in [5, 5.41) is 2.75. The molecule has 1 aromatic carbocycles. The van der Waals surface area contributed by atoms with Crippen LogP contribution in [0.1, 0.15) is 18.4 Å². The van der Waals surface area contributed by atoms with Crippen LogP contribution in [0.4, 0.5) is 8.78 Å². The van der Waals surface area contributed by atoms with E-state index in [0.29, 0.717) is 12.4 Å². The summed E-state index contributed by atoms with van der Waals surface area (Å²) in [5.74, 6) is -2.22. The van der Waals surface area contributed by atoms with Gasteiger partial charge < -0.3 is 5.32 Å². The van der Waals surface area contributed by atoms with Crippen molar-refractivity contribution in [2.45, 2.75) is 18.8 Å². The molecule has 4 heteroatoms. The number of alkyl halides is 3. The van der Waals surface area contributed by atoms with Crippen molar-refractivity contribution < 1.29 is 8.78 Å². The van der Waals surface area contributed by atoms with Gasteiger partial charge in [-0.2, -0.15) is 8.78 Å². The molecule has 0 saturated heterocycles. The maximum atomic E-state index is 13.6. The third kappa shape index (κ3) is 4.45. The molecule has 0 heterocycles. The van der Waals surface area contributed by atoms with Crippen molar-refractivity contribution in [2.75, 3.05) is 19.0 Å². The minimum atomic E-state index is -2.80. The quantitative estimate of drug-likeness (QED) is 0.575. The molecule has 0 aliphatic rings. The number of benzene rings is 1. The van der Waals surface area contributed by atoms with Crippen molar-refractivity contribution in [3.63, 3.8) is 0 Å². The Hall–Kier alpha value is -0.670. The van der Waals surface area contributed by atoms with Gasteiger partial charge in [-0.15, -0.1) is 11.6 Å². The zero-order valence-electron chi connectivity index (χ0n) is 9.06. The number of hydrogen-bond donors (Lipinski definition) is 1. The Kier molecular flexibility index (Phi) is 5.71. The first-order valence-electron chi connectivity index (χ1n) is 5.37. The molecule has 0 atom stereocenters. The Morgan fingerprint density at radius 2 is 1.81 bits per heavy atom. The molecule has 1 aromatic rings.